The van der Waals surface area contributed by atoms with Gasteiger partial charge in [-0.25, -0.2) is 0 Å². The molecule has 0 amide bonds. The second-order valence-electron chi connectivity index (χ2n) is 5.39. The molecule has 3 nitrogen and oxygen atoms in total. The summed E-state index contributed by atoms with van der Waals surface area (Å²) < 4.78 is 0. The molecule has 0 aliphatic carbocycles. The Kier molecular flexibility index (Phi) is 4.29. The molecule has 2 aromatic rings. The minimum atomic E-state index is 0.967. The molecule has 0 atom stereocenters. The third-order valence-electron chi connectivity index (χ3n) is 4.01. The van der Waals surface area contributed by atoms with Crippen LogP contribution in [0.2, 0.25) is 0 Å². The number of hydrogen-bond acceptors (Lipinski definition) is 3. The number of hydrogen-bond donors (Lipinski definition) is 1. The Bertz CT molecular complexity index is 542. The molecule has 0 unspecified atom stereocenters. The van der Waals surface area contributed by atoms with Gasteiger partial charge in [-0.2, -0.15) is 0 Å². The summed E-state index contributed by atoms with van der Waals surface area (Å²) in [7, 11) is 0. The molecule has 3 rings (SSSR count). The number of para-hydroxylation sites is 1. The third-order valence-corrected chi connectivity index (χ3v) is 4.01. The van der Waals surface area contributed by atoms with E-state index in [0.29, 0.717) is 0 Å². The average Bonchev–Trinajstić information content (AvgIpc) is 2.57. The van der Waals surface area contributed by atoms with E-state index in [-0.39, 0.29) is 0 Å². The lowest BCUT2D eigenvalue weighted by Crippen LogP contribution is -2.46. The summed E-state index contributed by atoms with van der Waals surface area (Å²) in [6.07, 6.45) is 0. The minimum absolute atomic E-state index is 0.967. The van der Waals surface area contributed by atoms with E-state index in [1.807, 2.05) is 0 Å². The molecule has 0 radical (unpaired) electrons. The monoisotopic (exact) mass is 281 g/mol. The fourth-order valence-corrected chi connectivity index (χ4v) is 2.86. The molecule has 0 bridgehead atoms. The van der Waals surface area contributed by atoms with Gasteiger partial charge in [0.25, 0.3) is 0 Å². The molecule has 1 fully saturated rings. The van der Waals surface area contributed by atoms with E-state index >= 15 is 0 Å². The highest BCUT2D eigenvalue weighted by Gasteiger charge is 2.17. The number of nitrogens with one attached hydrogen (secondary N) is 1. The topological polar surface area (TPSA) is 18.5 Å². The highest BCUT2D eigenvalue weighted by molar-refractivity contribution is 5.56. The molecule has 3 heteroatoms. The van der Waals surface area contributed by atoms with Gasteiger partial charge in [-0.3, -0.25) is 0 Å². The molecule has 0 saturated carbocycles. The Morgan fingerprint density at radius 2 is 1.29 bits per heavy atom. The Balaban J connectivity index is 1.60. The number of piperazine rings is 1. The first-order valence-electron chi connectivity index (χ1n) is 7.75. The van der Waals surface area contributed by atoms with Crippen molar-refractivity contribution in [1.82, 2.24) is 0 Å². The van der Waals surface area contributed by atoms with Crippen LogP contribution in [0.4, 0.5) is 17.1 Å². The van der Waals surface area contributed by atoms with E-state index in [0.717, 1.165) is 32.7 Å². The second-order valence-corrected chi connectivity index (χ2v) is 5.39. The Morgan fingerprint density at radius 1 is 0.762 bits per heavy atom. The van der Waals surface area contributed by atoms with Gasteiger partial charge in [0.15, 0.2) is 0 Å². The molecular weight excluding hydrogens is 258 g/mol. The lowest BCUT2D eigenvalue weighted by molar-refractivity contribution is 0.653. The zero-order chi connectivity index (χ0) is 14.5. The van der Waals surface area contributed by atoms with E-state index in [2.05, 4.69) is 76.6 Å². The molecule has 21 heavy (non-hydrogen) atoms. The maximum Gasteiger partial charge on any atom is 0.0368 e. The van der Waals surface area contributed by atoms with E-state index in [1.54, 1.807) is 0 Å². The largest absolute Gasteiger partial charge is 0.385 e. The summed E-state index contributed by atoms with van der Waals surface area (Å²) in [5.41, 5.74) is 3.85. The predicted molar refractivity (Wildman–Crippen MR) is 91.5 cm³/mol. The van der Waals surface area contributed by atoms with E-state index in [9.17, 15) is 0 Å². The van der Waals surface area contributed by atoms with Crippen molar-refractivity contribution < 1.29 is 0 Å². The van der Waals surface area contributed by atoms with Gasteiger partial charge in [-0.05, 0) is 43.3 Å². The van der Waals surface area contributed by atoms with Gasteiger partial charge in [0.2, 0.25) is 0 Å². The van der Waals surface area contributed by atoms with Gasteiger partial charge in [0.05, 0.1) is 0 Å². The van der Waals surface area contributed by atoms with E-state index in [1.165, 1.54) is 17.1 Å². The van der Waals surface area contributed by atoms with Gasteiger partial charge >= 0.3 is 0 Å². The lowest BCUT2D eigenvalue weighted by Gasteiger charge is -2.37. The van der Waals surface area contributed by atoms with Gasteiger partial charge in [0.1, 0.15) is 0 Å². The van der Waals surface area contributed by atoms with Gasteiger partial charge in [-0.15, -0.1) is 0 Å². The molecule has 1 N–H and O–H groups in total. The number of anilines is 3. The predicted octanol–water partition coefficient (Wildman–Crippen LogP) is 3.45. The molecule has 2 aromatic carbocycles. The smallest absolute Gasteiger partial charge is 0.0368 e. The summed E-state index contributed by atoms with van der Waals surface area (Å²) in [5.74, 6) is 0. The maximum atomic E-state index is 3.34. The van der Waals surface area contributed by atoms with Crippen molar-refractivity contribution in [3.8, 4) is 0 Å². The van der Waals surface area contributed by atoms with Crippen molar-refractivity contribution in [2.45, 2.75) is 6.92 Å². The quantitative estimate of drug-likeness (QED) is 0.926. The molecular formula is C18H23N3. The van der Waals surface area contributed by atoms with Crippen molar-refractivity contribution in [2.24, 2.45) is 0 Å². The SMILES string of the molecule is CCNc1ccc(N2CCN(c3ccccc3)CC2)cc1. The molecule has 1 aliphatic heterocycles. The first-order chi connectivity index (χ1) is 10.4. The first kappa shape index (κ1) is 13.8. The molecule has 0 aromatic heterocycles. The van der Waals surface area contributed by atoms with E-state index in [4.69, 9.17) is 0 Å². The number of rotatable bonds is 4. The molecule has 0 spiro atoms. The maximum absolute atomic E-state index is 3.34. The van der Waals surface area contributed by atoms with Crippen molar-refractivity contribution >= 4 is 17.1 Å². The highest BCUT2D eigenvalue weighted by atomic mass is 15.3. The van der Waals surface area contributed by atoms with Crippen LogP contribution in [0, 0.1) is 0 Å². The normalized spacial score (nSPS) is 15.1. The second kappa shape index (κ2) is 6.53. The fourth-order valence-electron chi connectivity index (χ4n) is 2.86. The zero-order valence-corrected chi connectivity index (χ0v) is 12.6. The van der Waals surface area contributed by atoms with Crippen LogP contribution in [0.1, 0.15) is 6.92 Å². The lowest BCUT2D eigenvalue weighted by atomic mass is 10.2. The van der Waals surface area contributed by atoms with Crippen molar-refractivity contribution in [1.29, 1.82) is 0 Å². The van der Waals surface area contributed by atoms with Crippen molar-refractivity contribution in [3.63, 3.8) is 0 Å². The number of benzene rings is 2. The highest BCUT2D eigenvalue weighted by Crippen LogP contribution is 2.21. The van der Waals surface area contributed by atoms with Crippen LogP contribution in [0.25, 0.3) is 0 Å². The first-order valence-corrected chi connectivity index (χ1v) is 7.75. The van der Waals surface area contributed by atoms with Crippen LogP contribution in [-0.2, 0) is 0 Å². The summed E-state index contributed by atoms with van der Waals surface area (Å²) in [4.78, 5) is 4.93. The zero-order valence-electron chi connectivity index (χ0n) is 12.6. The van der Waals surface area contributed by atoms with Crippen molar-refractivity contribution in [2.75, 3.05) is 47.8 Å². The summed E-state index contributed by atoms with van der Waals surface area (Å²) >= 11 is 0. The van der Waals surface area contributed by atoms with Crippen LogP contribution >= 0.6 is 0 Å². The summed E-state index contributed by atoms with van der Waals surface area (Å²) in [6, 6.07) is 19.5. The van der Waals surface area contributed by atoms with Gasteiger partial charge in [-0.1, -0.05) is 18.2 Å². The van der Waals surface area contributed by atoms with E-state index < -0.39 is 0 Å². The molecule has 1 aliphatic rings. The molecule has 110 valence electrons. The Hall–Kier alpha value is -2.16. The average molecular weight is 281 g/mol. The third kappa shape index (κ3) is 3.30. The molecule has 1 heterocycles. The Morgan fingerprint density at radius 3 is 1.81 bits per heavy atom. The standard InChI is InChI=1S/C18H23N3/c1-2-19-16-8-10-18(11-9-16)21-14-12-20(13-15-21)17-6-4-3-5-7-17/h3-11,19H,2,12-15H2,1H3. The van der Waals surface area contributed by atoms with Crippen LogP contribution < -0.4 is 15.1 Å². The summed E-state index contributed by atoms with van der Waals surface area (Å²) in [6.45, 7) is 7.41. The van der Waals surface area contributed by atoms with Crippen LogP contribution in [0.3, 0.4) is 0 Å². The van der Waals surface area contributed by atoms with Crippen LogP contribution in [0.5, 0.6) is 0 Å². The van der Waals surface area contributed by atoms with Gasteiger partial charge < -0.3 is 15.1 Å². The minimum Gasteiger partial charge on any atom is -0.385 e. The fraction of sp³-hybridized carbons (Fsp3) is 0.333. The van der Waals surface area contributed by atoms with Crippen molar-refractivity contribution in [3.05, 3.63) is 54.6 Å². The van der Waals surface area contributed by atoms with Crippen LogP contribution in [-0.4, -0.2) is 32.7 Å². The summed E-state index contributed by atoms with van der Waals surface area (Å²) in [5, 5.41) is 3.34. The van der Waals surface area contributed by atoms with Crippen LogP contribution in [0.15, 0.2) is 54.6 Å². The molecule has 1 saturated heterocycles. The Labute approximate surface area is 127 Å². The number of nitrogens with zero attached hydrogens (tertiary/aromatic N) is 2. The van der Waals surface area contributed by atoms with Gasteiger partial charge in [0, 0.05) is 49.8 Å².